The fourth-order valence-electron chi connectivity index (χ4n) is 1.78. The number of Topliss-reactive ketones (excluding diaryl/α,β-unsaturated/α-hetero) is 1. The minimum absolute atomic E-state index is 0.00984. The number of carbonyl (C=O) groups excluding carboxylic acids is 2. The second kappa shape index (κ2) is 7.33. The molecular weight excluding hydrogens is 344 g/mol. The van der Waals surface area contributed by atoms with Crippen LogP contribution in [0.15, 0.2) is 18.2 Å². The predicted molar refractivity (Wildman–Crippen MR) is 77.7 cm³/mol. The Balaban J connectivity index is 3.51. The highest BCUT2D eigenvalue weighted by atomic mass is 79.9. The topological polar surface area (TPSA) is 101 Å². The zero-order valence-corrected chi connectivity index (χ0v) is 13.1. The molecule has 1 rings (SSSR count). The molecule has 1 aromatic rings. The van der Waals surface area contributed by atoms with Crippen molar-refractivity contribution in [1.82, 2.24) is 0 Å². The van der Waals surface area contributed by atoms with Crippen molar-refractivity contribution in [2.75, 3.05) is 6.61 Å². The Bertz CT molecular complexity index is 567. The molecule has 2 atom stereocenters. The van der Waals surface area contributed by atoms with Crippen LogP contribution < -0.4 is 0 Å². The number of aliphatic carboxylic acids is 1. The van der Waals surface area contributed by atoms with Crippen LogP contribution in [0.2, 0.25) is 0 Å². The number of esters is 1. The van der Waals surface area contributed by atoms with Crippen LogP contribution in [0.4, 0.5) is 0 Å². The molecule has 0 aromatic heterocycles. The van der Waals surface area contributed by atoms with Gasteiger partial charge in [-0.3, -0.25) is 4.79 Å². The molecule has 0 heterocycles. The van der Waals surface area contributed by atoms with E-state index in [-0.39, 0.29) is 23.3 Å². The molecule has 0 radical (unpaired) electrons. The number of benzene rings is 1. The molecule has 21 heavy (non-hydrogen) atoms. The Morgan fingerprint density at radius 2 is 1.95 bits per heavy atom. The average molecular weight is 359 g/mol. The number of alkyl halides is 1. The molecule has 1 aromatic carbocycles. The smallest absolute Gasteiger partial charge is 0.339 e. The zero-order valence-electron chi connectivity index (χ0n) is 11.5. The Hall–Kier alpha value is -1.73. The summed E-state index contributed by atoms with van der Waals surface area (Å²) < 4.78 is 4.86. The lowest BCUT2D eigenvalue weighted by Crippen LogP contribution is -2.22. The molecule has 0 aliphatic heterocycles. The number of hydrogen-bond acceptors (Lipinski definition) is 5. The van der Waals surface area contributed by atoms with Gasteiger partial charge in [0.1, 0.15) is 0 Å². The monoisotopic (exact) mass is 358 g/mol. The van der Waals surface area contributed by atoms with E-state index in [2.05, 4.69) is 15.9 Å². The van der Waals surface area contributed by atoms with Gasteiger partial charge in [-0.05, 0) is 13.8 Å². The first kappa shape index (κ1) is 17.3. The van der Waals surface area contributed by atoms with Crippen LogP contribution in [0.3, 0.4) is 0 Å². The molecule has 0 spiro atoms. The van der Waals surface area contributed by atoms with E-state index in [9.17, 15) is 19.5 Å². The maximum atomic E-state index is 12.1. The average Bonchev–Trinajstić information content (AvgIpc) is 2.44. The molecule has 2 unspecified atom stereocenters. The van der Waals surface area contributed by atoms with Crippen LogP contribution >= 0.6 is 15.9 Å². The van der Waals surface area contributed by atoms with E-state index in [0.717, 1.165) is 0 Å². The highest BCUT2D eigenvalue weighted by molar-refractivity contribution is 9.10. The standard InChI is InChI=1S/C14H15BrO6/c1-3-21-14(20)10-8(11(16)7(2)15)5-4-6-9(10)12(17)13(18)19/h4-7,12,17H,3H2,1-2H3,(H,18,19). The van der Waals surface area contributed by atoms with Crippen LogP contribution in [0.1, 0.15) is 46.2 Å². The summed E-state index contributed by atoms with van der Waals surface area (Å²) in [4.78, 5) is 34.6. The van der Waals surface area contributed by atoms with Crippen molar-refractivity contribution < 1.29 is 29.3 Å². The number of carbonyl (C=O) groups is 3. The van der Waals surface area contributed by atoms with Crippen molar-refractivity contribution in [3.8, 4) is 0 Å². The lowest BCUT2D eigenvalue weighted by molar-refractivity contribution is -0.146. The number of halogens is 1. The third-order valence-corrected chi connectivity index (χ3v) is 3.15. The molecule has 114 valence electrons. The van der Waals surface area contributed by atoms with Crippen molar-refractivity contribution in [3.05, 3.63) is 34.9 Å². The maximum absolute atomic E-state index is 12.1. The van der Waals surface area contributed by atoms with Crippen LogP contribution in [0.5, 0.6) is 0 Å². The van der Waals surface area contributed by atoms with Crippen LogP contribution in [-0.4, -0.2) is 39.4 Å². The van der Waals surface area contributed by atoms with E-state index in [1.165, 1.54) is 18.2 Å². The van der Waals surface area contributed by atoms with E-state index in [1.54, 1.807) is 13.8 Å². The van der Waals surface area contributed by atoms with Gasteiger partial charge in [0.05, 0.1) is 17.0 Å². The highest BCUT2D eigenvalue weighted by Gasteiger charge is 2.29. The Morgan fingerprint density at radius 3 is 2.43 bits per heavy atom. The summed E-state index contributed by atoms with van der Waals surface area (Å²) >= 11 is 3.11. The third-order valence-electron chi connectivity index (χ3n) is 2.73. The van der Waals surface area contributed by atoms with Gasteiger partial charge in [0.15, 0.2) is 11.9 Å². The van der Waals surface area contributed by atoms with Gasteiger partial charge in [-0.25, -0.2) is 9.59 Å². The van der Waals surface area contributed by atoms with E-state index in [4.69, 9.17) is 9.84 Å². The second-order valence-electron chi connectivity index (χ2n) is 4.21. The maximum Gasteiger partial charge on any atom is 0.339 e. The summed E-state index contributed by atoms with van der Waals surface area (Å²) in [6.45, 7) is 3.23. The number of carboxylic acids is 1. The highest BCUT2D eigenvalue weighted by Crippen LogP contribution is 2.25. The molecule has 0 bridgehead atoms. The lowest BCUT2D eigenvalue weighted by Gasteiger charge is -2.15. The van der Waals surface area contributed by atoms with Gasteiger partial charge >= 0.3 is 11.9 Å². The third kappa shape index (κ3) is 3.89. The largest absolute Gasteiger partial charge is 0.479 e. The first-order valence-corrected chi connectivity index (χ1v) is 7.12. The van der Waals surface area contributed by atoms with Crippen molar-refractivity contribution in [1.29, 1.82) is 0 Å². The lowest BCUT2D eigenvalue weighted by atomic mass is 9.94. The number of rotatable bonds is 6. The summed E-state index contributed by atoms with van der Waals surface area (Å²) in [5.74, 6) is -2.76. The number of hydrogen-bond donors (Lipinski definition) is 2. The summed E-state index contributed by atoms with van der Waals surface area (Å²) in [5, 5.41) is 18.6. The minimum atomic E-state index is -1.91. The second-order valence-corrected chi connectivity index (χ2v) is 5.58. The van der Waals surface area contributed by atoms with Gasteiger partial charge in [0, 0.05) is 11.1 Å². The zero-order chi connectivity index (χ0) is 16.2. The molecule has 0 fully saturated rings. The quantitative estimate of drug-likeness (QED) is 0.457. The predicted octanol–water partition coefficient (Wildman–Crippen LogP) is 1.95. The van der Waals surface area contributed by atoms with Crippen LogP contribution in [0.25, 0.3) is 0 Å². The molecular formula is C14H15BrO6. The molecule has 0 amide bonds. The summed E-state index contributed by atoms with van der Waals surface area (Å²) in [7, 11) is 0. The molecule has 7 heteroatoms. The Labute approximate surface area is 129 Å². The number of ether oxygens (including phenoxy) is 1. The fourth-order valence-corrected chi connectivity index (χ4v) is 2.03. The van der Waals surface area contributed by atoms with E-state index >= 15 is 0 Å². The first-order chi connectivity index (χ1) is 9.81. The number of carboxylic acid groups (broad SMARTS) is 1. The summed E-state index contributed by atoms with van der Waals surface area (Å²) in [6.07, 6.45) is -1.91. The Kier molecular flexibility index (Phi) is 6.04. The molecule has 0 saturated heterocycles. The normalized spacial score (nSPS) is 13.3. The van der Waals surface area contributed by atoms with Crippen molar-refractivity contribution in [2.45, 2.75) is 24.8 Å². The van der Waals surface area contributed by atoms with Crippen LogP contribution in [0, 0.1) is 0 Å². The van der Waals surface area contributed by atoms with Crippen molar-refractivity contribution >= 4 is 33.7 Å². The van der Waals surface area contributed by atoms with Crippen molar-refractivity contribution in [2.24, 2.45) is 0 Å². The number of ketones is 1. The summed E-state index contributed by atoms with van der Waals surface area (Å²) in [5.41, 5.74) is -0.374. The fraction of sp³-hybridized carbons (Fsp3) is 0.357. The van der Waals surface area contributed by atoms with Gasteiger partial charge in [-0.15, -0.1) is 0 Å². The minimum Gasteiger partial charge on any atom is -0.479 e. The van der Waals surface area contributed by atoms with E-state index in [0.29, 0.717) is 0 Å². The van der Waals surface area contributed by atoms with Crippen LogP contribution in [-0.2, 0) is 9.53 Å². The van der Waals surface area contributed by atoms with Gasteiger partial charge in [-0.2, -0.15) is 0 Å². The molecule has 2 N–H and O–H groups in total. The number of aliphatic hydroxyl groups is 1. The Morgan fingerprint density at radius 1 is 1.33 bits per heavy atom. The van der Waals surface area contributed by atoms with Gasteiger partial charge in [-0.1, -0.05) is 34.1 Å². The molecule has 0 aliphatic carbocycles. The van der Waals surface area contributed by atoms with Gasteiger partial charge in [0.25, 0.3) is 0 Å². The molecule has 6 nitrogen and oxygen atoms in total. The molecule has 0 saturated carbocycles. The SMILES string of the molecule is CCOC(=O)c1c(C(=O)C(C)Br)cccc1C(O)C(=O)O. The first-order valence-electron chi connectivity index (χ1n) is 6.20. The summed E-state index contributed by atoms with van der Waals surface area (Å²) in [6, 6.07) is 4.08. The van der Waals surface area contributed by atoms with Crippen molar-refractivity contribution in [3.63, 3.8) is 0 Å². The molecule has 0 aliphatic rings. The van der Waals surface area contributed by atoms with E-state index < -0.39 is 28.7 Å². The number of aliphatic hydroxyl groups excluding tert-OH is 1. The van der Waals surface area contributed by atoms with Gasteiger partial charge < -0.3 is 14.9 Å². The van der Waals surface area contributed by atoms with Gasteiger partial charge in [0.2, 0.25) is 0 Å². The van der Waals surface area contributed by atoms with E-state index in [1.807, 2.05) is 0 Å².